The highest BCUT2D eigenvalue weighted by atomic mass is 35.5. The minimum Gasteiger partial charge on any atom is -0.369 e. The smallest absolute Gasteiger partial charge is 0.248 e. The fourth-order valence-electron chi connectivity index (χ4n) is 3.70. The lowest BCUT2D eigenvalue weighted by Gasteiger charge is -2.24. The number of carbonyl (C=O) groups is 1. The first-order valence-corrected chi connectivity index (χ1v) is 10.9. The molecule has 1 saturated heterocycles. The third-order valence-electron chi connectivity index (χ3n) is 5.20. The van der Waals surface area contributed by atoms with Crippen LogP contribution in [0.4, 0.5) is 11.8 Å². The van der Waals surface area contributed by atoms with Gasteiger partial charge in [-0.05, 0) is 35.0 Å². The van der Waals surface area contributed by atoms with Gasteiger partial charge in [-0.25, -0.2) is 4.98 Å². The minimum absolute atomic E-state index is 0.277. The normalized spacial score (nSPS) is 14.9. The Kier molecular flexibility index (Phi) is 7.03. The van der Waals surface area contributed by atoms with Crippen molar-refractivity contribution in [1.29, 1.82) is 0 Å². The summed E-state index contributed by atoms with van der Waals surface area (Å²) in [6.45, 7) is 3.91. The lowest BCUT2D eigenvalue weighted by molar-refractivity contribution is -0.119. The van der Waals surface area contributed by atoms with E-state index in [0.717, 1.165) is 44.0 Å². The van der Waals surface area contributed by atoms with E-state index in [2.05, 4.69) is 35.6 Å². The Morgan fingerprint density at radius 2 is 2.00 bits per heavy atom. The second kappa shape index (κ2) is 10.1. The Morgan fingerprint density at radius 3 is 2.84 bits per heavy atom. The summed E-state index contributed by atoms with van der Waals surface area (Å²) < 4.78 is 1.51. The monoisotopic (exact) mass is 475 g/mol. The molecule has 4 rings (SSSR count). The molecule has 1 amide bonds. The van der Waals surface area contributed by atoms with Crippen molar-refractivity contribution in [2.45, 2.75) is 13.0 Å². The highest BCUT2D eigenvalue weighted by Crippen LogP contribution is 2.29. The van der Waals surface area contributed by atoms with Gasteiger partial charge in [0.25, 0.3) is 0 Å². The molecule has 0 bridgehead atoms. The van der Waals surface area contributed by atoms with E-state index in [4.69, 9.17) is 28.9 Å². The maximum atomic E-state index is 11.3. The van der Waals surface area contributed by atoms with Gasteiger partial charge in [0.05, 0.1) is 22.3 Å². The summed E-state index contributed by atoms with van der Waals surface area (Å²) in [7, 11) is 0. The summed E-state index contributed by atoms with van der Waals surface area (Å²) in [5, 5.41) is 15.9. The van der Waals surface area contributed by atoms with Gasteiger partial charge in [-0.3, -0.25) is 9.69 Å². The topological polar surface area (TPSA) is 118 Å². The minimum atomic E-state index is -0.307. The maximum absolute atomic E-state index is 11.3. The van der Waals surface area contributed by atoms with Crippen molar-refractivity contribution >= 4 is 40.9 Å². The van der Waals surface area contributed by atoms with Crippen LogP contribution in [0.2, 0.25) is 10.0 Å². The van der Waals surface area contributed by atoms with Crippen molar-refractivity contribution in [3.05, 3.63) is 52.1 Å². The molecule has 0 atom stereocenters. The van der Waals surface area contributed by atoms with E-state index in [1.54, 1.807) is 24.4 Å². The van der Waals surface area contributed by atoms with Crippen molar-refractivity contribution in [2.24, 2.45) is 5.73 Å². The molecule has 32 heavy (non-hydrogen) atoms. The molecule has 0 radical (unpaired) electrons. The number of aromatic nitrogens is 5. The van der Waals surface area contributed by atoms with Crippen LogP contribution in [0.1, 0.15) is 12.0 Å². The highest BCUT2D eigenvalue weighted by Gasteiger charge is 2.20. The van der Waals surface area contributed by atoms with Crippen LogP contribution in [0, 0.1) is 0 Å². The van der Waals surface area contributed by atoms with Gasteiger partial charge in [-0.2, -0.15) is 4.68 Å². The van der Waals surface area contributed by atoms with Gasteiger partial charge in [0.15, 0.2) is 0 Å². The van der Waals surface area contributed by atoms with Crippen molar-refractivity contribution in [1.82, 2.24) is 30.1 Å². The van der Waals surface area contributed by atoms with E-state index in [-0.39, 0.29) is 12.5 Å². The number of benzene rings is 1. The first-order chi connectivity index (χ1) is 15.5. The molecule has 0 aliphatic carbocycles. The molecular weight excluding hydrogens is 453 g/mol. The fourth-order valence-corrected chi connectivity index (χ4v) is 4.08. The van der Waals surface area contributed by atoms with Crippen molar-refractivity contribution in [3.63, 3.8) is 0 Å². The quantitative estimate of drug-likeness (QED) is 0.532. The van der Waals surface area contributed by atoms with Crippen LogP contribution >= 0.6 is 23.2 Å². The SMILES string of the molecule is NC(=O)CN1CCCN(c2ncccc2CNc2nnnn2-c2cccc(Cl)c2Cl)CC1. The molecule has 0 spiro atoms. The van der Waals surface area contributed by atoms with Gasteiger partial charge in [-0.15, -0.1) is 0 Å². The molecule has 2 aromatic heterocycles. The van der Waals surface area contributed by atoms with Gasteiger partial charge in [0, 0.05) is 44.5 Å². The third-order valence-corrected chi connectivity index (χ3v) is 6.01. The Labute approximate surface area is 195 Å². The number of pyridine rings is 1. The predicted molar refractivity (Wildman–Crippen MR) is 123 cm³/mol. The number of hydrogen-bond donors (Lipinski definition) is 2. The van der Waals surface area contributed by atoms with Crippen LogP contribution in [-0.4, -0.2) is 68.7 Å². The van der Waals surface area contributed by atoms with Crippen molar-refractivity contribution in [2.75, 3.05) is 42.9 Å². The van der Waals surface area contributed by atoms with Crippen LogP contribution in [0.15, 0.2) is 36.5 Å². The third kappa shape index (κ3) is 5.09. The first-order valence-electron chi connectivity index (χ1n) is 10.2. The fraction of sp³-hybridized carbons (Fsp3) is 0.350. The standard InChI is InChI=1S/C20H23Cl2N9O/c21-15-5-1-6-16(18(15)22)31-20(26-27-28-31)25-12-14-4-2-7-24-19(14)30-9-3-8-29(10-11-30)13-17(23)32/h1-2,4-7H,3,8-13H2,(H2,23,32)(H,25,26,28). The Bertz CT molecular complexity index is 1090. The van der Waals surface area contributed by atoms with E-state index in [0.29, 0.717) is 28.2 Å². The van der Waals surface area contributed by atoms with Crippen molar-refractivity contribution in [3.8, 4) is 5.69 Å². The van der Waals surface area contributed by atoms with Gasteiger partial charge >= 0.3 is 0 Å². The van der Waals surface area contributed by atoms with Crippen LogP contribution in [0.3, 0.4) is 0 Å². The zero-order valence-electron chi connectivity index (χ0n) is 17.3. The lowest BCUT2D eigenvalue weighted by atomic mass is 10.2. The van der Waals surface area contributed by atoms with Gasteiger partial charge in [0.1, 0.15) is 5.82 Å². The molecule has 1 aliphatic rings. The first kappa shape index (κ1) is 22.3. The average molecular weight is 476 g/mol. The maximum Gasteiger partial charge on any atom is 0.248 e. The van der Waals surface area contributed by atoms with Gasteiger partial charge < -0.3 is 16.0 Å². The highest BCUT2D eigenvalue weighted by molar-refractivity contribution is 6.43. The molecule has 1 fully saturated rings. The largest absolute Gasteiger partial charge is 0.369 e. The molecule has 0 saturated carbocycles. The molecule has 10 nitrogen and oxygen atoms in total. The number of carbonyl (C=O) groups excluding carboxylic acids is 1. The molecule has 1 aliphatic heterocycles. The molecule has 3 N–H and O–H groups in total. The summed E-state index contributed by atoms with van der Waals surface area (Å²) in [5.41, 5.74) is 6.94. The zero-order chi connectivity index (χ0) is 22.5. The lowest BCUT2D eigenvalue weighted by Crippen LogP contribution is -2.37. The molecule has 12 heteroatoms. The van der Waals surface area contributed by atoms with Crippen LogP contribution < -0.4 is 16.0 Å². The zero-order valence-corrected chi connectivity index (χ0v) is 18.8. The summed E-state index contributed by atoms with van der Waals surface area (Å²) in [6, 6.07) is 9.20. The number of hydrogen-bond acceptors (Lipinski definition) is 8. The number of nitrogens with zero attached hydrogens (tertiary/aromatic N) is 7. The summed E-state index contributed by atoms with van der Waals surface area (Å²) in [4.78, 5) is 20.2. The number of halogens is 2. The summed E-state index contributed by atoms with van der Waals surface area (Å²) in [6.07, 6.45) is 2.70. The average Bonchev–Trinajstić information content (AvgIpc) is 3.12. The van der Waals surface area contributed by atoms with Gasteiger partial charge in [0.2, 0.25) is 11.9 Å². The molecule has 1 aromatic carbocycles. The van der Waals surface area contributed by atoms with Crippen LogP contribution in [-0.2, 0) is 11.3 Å². The number of tetrazole rings is 1. The second-order valence-electron chi connectivity index (χ2n) is 7.41. The summed E-state index contributed by atoms with van der Waals surface area (Å²) >= 11 is 12.5. The van der Waals surface area contributed by atoms with E-state index >= 15 is 0 Å². The molecule has 3 aromatic rings. The van der Waals surface area contributed by atoms with Gasteiger partial charge in [-0.1, -0.05) is 40.4 Å². The second-order valence-corrected chi connectivity index (χ2v) is 8.20. The molecule has 0 unspecified atom stereocenters. The molecular formula is C20H23Cl2N9O. The van der Waals surface area contributed by atoms with Crippen LogP contribution in [0.25, 0.3) is 5.69 Å². The molecule has 3 heterocycles. The predicted octanol–water partition coefficient (Wildman–Crippen LogP) is 1.97. The van der Waals surface area contributed by atoms with Crippen LogP contribution in [0.5, 0.6) is 0 Å². The Morgan fingerprint density at radius 1 is 1.12 bits per heavy atom. The number of anilines is 2. The van der Waals surface area contributed by atoms with E-state index < -0.39 is 0 Å². The Hall–Kier alpha value is -2.95. The summed E-state index contributed by atoms with van der Waals surface area (Å²) in [5.74, 6) is 1.02. The number of primary amides is 1. The van der Waals surface area contributed by atoms with E-state index in [1.165, 1.54) is 4.68 Å². The number of amides is 1. The number of nitrogens with two attached hydrogens (primary N) is 1. The van der Waals surface area contributed by atoms with E-state index in [9.17, 15) is 4.79 Å². The molecule has 168 valence electrons. The number of nitrogens with one attached hydrogen (secondary N) is 1. The van der Waals surface area contributed by atoms with Crippen molar-refractivity contribution < 1.29 is 4.79 Å². The van der Waals surface area contributed by atoms with E-state index in [1.807, 2.05) is 12.1 Å². The number of rotatable bonds is 7. The Balaban J connectivity index is 1.49.